The normalized spacial score (nSPS) is 9.88. The largest absolute Gasteiger partial charge is 0.490 e. The first kappa shape index (κ1) is 11.3. The maximum absolute atomic E-state index is 10.6. The molecule has 0 aliphatic heterocycles. The third kappa shape index (κ3) is 4.69. The van der Waals surface area contributed by atoms with Gasteiger partial charge in [-0.3, -0.25) is 0 Å². The Morgan fingerprint density at radius 2 is 1.50 bits per heavy atom. The quantitative estimate of drug-likeness (QED) is 0.705. The van der Waals surface area contributed by atoms with Crippen LogP contribution in [0.3, 0.4) is 0 Å². The van der Waals surface area contributed by atoms with Gasteiger partial charge >= 0.3 is 12.1 Å². The molecule has 0 atom stereocenters. The molecule has 0 saturated heterocycles. The molecule has 6 heteroatoms. The fraction of sp³-hybridized carbons (Fsp3) is 0.500. The Labute approximate surface area is 73.1 Å². The predicted octanol–water partition coefficient (Wildman–Crippen LogP) is 0.633. The van der Waals surface area contributed by atoms with Gasteiger partial charge in [0.1, 0.15) is 0 Å². The summed E-state index contributed by atoms with van der Waals surface area (Å²) in [5.41, 5.74) is 0. The van der Waals surface area contributed by atoms with Crippen molar-refractivity contribution in [2.24, 2.45) is 0 Å². The molecule has 0 radical (unpaired) electrons. The van der Waals surface area contributed by atoms with Gasteiger partial charge in [-0.05, 0) is 0 Å². The molecule has 1 N–H and O–H groups in total. The van der Waals surface area contributed by atoms with E-state index in [-0.39, 0.29) is 38.2 Å². The number of hydrogen-bond donors (Lipinski definition) is 1. The molecule has 0 spiro atoms. The van der Waals surface area contributed by atoms with Crippen LogP contribution in [0.2, 0.25) is 0 Å². The molecule has 0 fully saturated rings. The van der Waals surface area contributed by atoms with Gasteiger partial charge in [0.05, 0.1) is 0 Å². The van der Waals surface area contributed by atoms with E-state index in [0.717, 1.165) is 0 Å². The third-order valence-electron chi connectivity index (χ3n) is 0.243. The van der Waals surface area contributed by atoms with E-state index in [0.29, 0.717) is 0 Å². The third-order valence-corrected chi connectivity index (χ3v) is 0.243. The van der Waals surface area contributed by atoms with Crippen molar-refractivity contribution in [1.29, 1.82) is 0 Å². The smallest absolute Gasteiger partial charge is 0.475 e. The summed E-state index contributed by atoms with van der Waals surface area (Å²) in [5, 5.41) is 7.12. The first-order valence-electron chi connectivity index (χ1n) is 1.24. The van der Waals surface area contributed by atoms with E-state index in [4.69, 9.17) is 9.90 Å². The summed E-state index contributed by atoms with van der Waals surface area (Å²) in [6.07, 6.45) is -5.08. The molecular weight excluding hydrogens is 276 g/mol. The van der Waals surface area contributed by atoms with E-state index in [1.54, 1.807) is 0 Å². The molecular formula is C2HDyF3O2. The van der Waals surface area contributed by atoms with Gasteiger partial charge in [0.25, 0.3) is 0 Å². The van der Waals surface area contributed by atoms with E-state index in [9.17, 15) is 13.2 Å². The van der Waals surface area contributed by atoms with Crippen LogP contribution in [0.15, 0.2) is 0 Å². The average molecular weight is 277 g/mol. The maximum atomic E-state index is 10.6. The molecule has 0 aliphatic rings. The Bertz CT molecular complexity index is 87.8. The van der Waals surface area contributed by atoms with Gasteiger partial charge in [-0.1, -0.05) is 0 Å². The van der Waals surface area contributed by atoms with Gasteiger partial charge in [-0.15, -0.1) is 0 Å². The molecule has 0 amide bonds. The second-order valence-corrected chi connectivity index (χ2v) is 0.803. The van der Waals surface area contributed by atoms with E-state index in [2.05, 4.69) is 0 Å². The molecule has 2 nitrogen and oxygen atoms in total. The molecule has 0 unspecified atom stereocenters. The standard InChI is InChI=1S/C2HF3O2.Dy/c3-2(4,5)1(6)7;/h(H,6,7);. The predicted molar refractivity (Wildman–Crippen MR) is 13.7 cm³/mol. The molecule has 0 bridgehead atoms. The van der Waals surface area contributed by atoms with Crippen molar-refractivity contribution in [3.05, 3.63) is 0 Å². The molecule has 8 heavy (non-hydrogen) atoms. The number of rotatable bonds is 0. The van der Waals surface area contributed by atoms with Crippen LogP contribution >= 0.6 is 0 Å². The first-order valence-corrected chi connectivity index (χ1v) is 1.24. The minimum atomic E-state index is -5.08. The Hall–Kier alpha value is 0.533. The Kier molecular flexibility index (Phi) is 5.02. The number of carbonyl (C=O) groups is 1. The van der Waals surface area contributed by atoms with Crippen molar-refractivity contribution in [2.75, 3.05) is 0 Å². The van der Waals surface area contributed by atoms with Crippen molar-refractivity contribution in [1.82, 2.24) is 0 Å². The Morgan fingerprint density at radius 3 is 1.50 bits per heavy atom. The molecule has 0 heterocycles. The van der Waals surface area contributed by atoms with Crippen molar-refractivity contribution < 1.29 is 61.2 Å². The van der Waals surface area contributed by atoms with E-state index in [1.165, 1.54) is 0 Å². The van der Waals surface area contributed by atoms with Crippen LogP contribution < -0.4 is 0 Å². The van der Waals surface area contributed by atoms with Crippen LogP contribution in [0.1, 0.15) is 0 Å². The van der Waals surface area contributed by atoms with E-state index < -0.39 is 12.1 Å². The second kappa shape index (κ2) is 3.54. The molecule has 0 saturated carbocycles. The topological polar surface area (TPSA) is 37.3 Å². The van der Waals surface area contributed by atoms with Crippen molar-refractivity contribution in [3.8, 4) is 0 Å². The molecule has 0 aromatic carbocycles. The van der Waals surface area contributed by atoms with Gasteiger partial charge < -0.3 is 5.11 Å². The van der Waals surface area contributed by atoms with Crippen LogP contribution in [0, 0.1) is 38.2 Å². The number of alkyl halides is 3. The first-order chi connectivity index (χ1) is 2.94. The summed E-state index contributed by atoms with van der Waals surface area (Å²) in [4.78, 5) is 8.90. The van der Waals surface area contributed by atoms with Crippen LogP contribution in [0.4, 0.5) is 13.2 Å². The number of carboxylic acid groups (broad SMARTS) is 1. The fourth-order valence-electron chi connectivity index (χ4n) is 0. The molecule has 0 rings (SSSR count). The zero-order valence-corrected chi connectivity index (χ0v) is 5.33. The monoisotopic (exact) mass is 278 g/mol. The fourth-order valence-corrected chi connectivity index (χ4v) is 0. The number of carboxylic acids is 1. The van der Waals surface area contributed by atoms with E-state index >= 15 is 0 Å². The number of halogens is 3. The van der Waals surface area contributed by atoms with Crippen LogP contribution in [-0.4, -0.2) is 17.3 Å². The number of aliphatic carboxylic acids is 1. The zero-order chi connectivity index (χ0) is 6.08. The van der Waals surface area contributed by atoms with Crippen molar-refractivity contribution in [2.45, 2.75) is 6.18 Å². The maximum Gasteiger partial charge on any atom is 0.490 e. The summed E-state index contributed by atoms with van der Waals surface area (Å²) >= 11 is 0. The van der Waals surface area contributed by atoms with Gasteiger partial charge in [-0.2, -0.15) is 13.2 Å². The minimum absolute atomic E-state index is 0. The molecule has 0 aromatic rings. The van der Waals surface area contributed by atoms with Gasteiger partial charge in [0.15, 0.2) is 0 Å². The van der Waals surface area contributed by atoms with Crippen LogP contribution in [-0.2, 0) is 4.79 Å². The average Bonchev–Trinajstić information content (AvgIpc) is 1.31. The van der Waals surface area contributed by atoms with Crippen LogP contribution in [0.25, 0.3) is 0 Å². The number of hydrogen-bond acceptors (Lipinski definition) is 1. The van der Waals surface area contributed by atoms with E-state index in [1.807, 2.05) is 0 Å². The summed E-state index contributed by atoms with van der Waals surface area (Å²) < 4.78 is 31.7. The Balaban J connectivity index is 0. The van der Waals surface area contributed by atoms with Gasteiger partial charge in [-0.25, -0.2) is 4.79 Å². The summed E-state index contributed by atoms with van der Waals surface area (Å²) in [6, 6.07) is 0. The van der Waals surface area contributed by atoms with Crippen molar-refractivity contribution >= 4 is 5.97 Å². The summed E-state index contributed by atoms with van der Waals surface area (Å²) in [6.45, 7) is 0. The zero-order valence-electron chi connectivity index (χ0n) is 3.31. The van der Waals surface area contributed by atoms with Gasteiger partial charge in [0.2, 0.25) is 0 Å². The van der Waals surface area contributed by atoms with Gasteiger partial charge in [0, 0.05) is 38.2 Å². The molecule has 0 aliphatic carbocycles. The SMILES string of the molecule is O=C(O)C(F)(F)F.[Dy]. The summed E-state index contributed by atoms with van der Waals surface area (Å²) in [7, 11) is 0. The minimum Gasteiger partial charge on any atom is -0.475 e. The molecule has 0 aromatic heterocycles. The van der Waals surface area contributed by atoms with Crippen molar-refractivity contribution in [3.63, 3.8) is 0 Å². The van der Waals surface area contributed by atoms with Crippen LogP contribution in [0.5, 0.6) is 0 Å². The second-order valence-electron chi connectivity index (χ2n) is 0.803. The summed E-state index contributed by atoms with van der Waals surface area (Å²) in [5.74, 6) is -2.76. The Morgan fingerprint density at radius 1 is 1.38 bits per heavy atom. The molecule has 52 valence electrons.